The number of anilines is 1. The Morgan fingerprint density at radius 3 is 2.57 bits per heavy atom. The molecule has 0 radical (unpaired) electrons. The summed E-state index contributed by atoms with van der Waals surface area (Å²) in [6.07, 6.45) is 0. The number of hydrogen-bond acceptors (Lipinski definition) is 5. The standard InChI is InChI=1S/C22H19N3O5/c1-14-21(22(28)25(24(14)2)16-6-4-3-5-7-16)23-19(26)13-29-17-10-8-15-9-11-20(27)30-18(15)12-17/h3-12H,13H2,1-2H3,(H,23,26). The molecule has 8 nitrogen and oxygen atoms in total. The van der Waals surface area contributed by atoms with E-state index in [4.69, 9.17) is 9.15 Å². The van der Waals surface area contributed by atoms with Gasteiger partial charge in [0, 0.05) is 24.6 Å². The van der Waals surface area contributed by atoms with Crippen LogP contribution in [0.3, 0.4) is 0 Å². The van der Waals surface area contributed by atoms with Crippen LogP contribution < -0.4 is 21.2 Å². The Balaban J connectivity index is 1.51. The smallest absolute Gasteiger partial charge is 0.336 e. The van der Waals surface area contributed by atoms with E-state index in [-0.39, 0.29) is 17.9 Å². The lowest BCUT2D eigenvalue weighted by Gasteiger charge is -2.07. The second-order valence-corrected chi connectivity index (χ2v) is 6.73. The summed E-state index contributed by atoms with van der Waals surface area (Å²) in [7, 11) is 1.75. The highest BCUT2D eigenvalue weighted by atomic mass is 16.5. The highest BCUT2D eigenvalue weighted by Gasteiger charge is 2.18. The first-order valence-corrected chi connectivity index (χ1v) is 9.24. The number of para-hydroxylation sites is 1. The molecule has 152 valence electrons. The predicted molar refractivity (Wildman–Crippen MR) is 112 cm³/mol. The molecule has 0 unspecified atom stereocenters. The van der Waals surface area contributed by atoms with Crippen molar-refractivity contribution in [3.63, 3.8) is 0 Å². The third-order valence-electron chi connectivity index (χ3n) is 4.78. The average Bonchev–Trinajstić information content (AvgIpc) is 2.95. The highest BCUT2D eigenvalue weighted by molar-refractivity contribution is 5.92. The third kappa shape index (κ3) is 3.62. The third-order valence-corrected chi connectivity index (χ3v) is 4.78. The fraction of sp³-hybridized carbons (Fsp3) is 0.136. The van der Waals surface area contributed by atoms with E-state index >= 15 is 0 Å². The SMILES string of the molecule is Cc1c(NC(=O)COc2ccc3ccc(=O)oc3c2)c(=O)n(-c2ccccc2)n1C. The highest BCUT2D eigenvalue weighted by Crippen LogP contribution is 2.19. The number of carbonyl (C=O) groups excluding carboxylic acids is 1. The molecule has 4 aromatic rings. The Hall–Kier alpha value is -4.07. The quantitative estimate of drug-likeness (QED) is 0.515. The molecule has 0 spiro atoms. The van der Waals surface area contributed by atoms with Crippen LogP contribution in [-0.4, -0.2) is 21.9 Å². The summed E-state index contributed by atoms with van der Waals surface area (Å²) in [4.78, 5) is 36.6. The summed E-state index contributed by atoms with van der Waals surface area (Å²) < 4.78 is 13.8. The number of hydrogen-bond donors (Lipinski definition) is 1. The molecule has 0 bridgehead atoms. The van der Waals surface area contributed by atoms with Gasteiger partial charge in [0.05, 0.1) is 11.4 Å². The van der Waals surface area contributed by atoms with E-state index in [0.29, 0.717) is 22.7 Å². The minimum Gasteiger partial charge on any atom is -0.484 e. The van der Waals surface area contributed by atoms with Crippen LogP contribution in [0.4, 0.5) is 5.69 Å². The van der Waals surface area contributed by atoms with Crippen molar-refractivity contribution in [2.75, 3.05) is 11.9 Å². The van der Waals surface area contributed by atoms with Crippen LogP contribution in [0.1, 0.15) is 5.69 Å². The fourth-order valence-electron chi connectivity index (χ4n) is 3.17. The van der Waals surface area contributed by atoms with Gasteiger partial charge in [0.1, 0.15) is 17.0 Å². The number of rotatable bonds is 5. The van der Waals surface area contributed by atoms with Crippen LogP contribution in [0.5, 0.6) is 5.75 Å². The number of nitrogens with one attached hydrogen (secondary N) is 1. The van der Waals surface area contributed by atoms with Gasteiger partial charge in [0.15, 0.2) is 6.61 Å². The van der Waals surface area contributed by atoms with Gasteiger partial charge in [0.2, 0.25) is 0 Å². The van der Waals surface area contributed by atoms with Crippen molar-refractivity contribution in [1.29, 1.82) is 0 Å². The molecule has 0 aliphatic rings. The molecule has 0 fully saturated rings. The summed E-state index contributed by atoms with van der Waals surface area (Å²) >= 11 is 0. The number of ether oxygens (including phenoxy) is 1. The van der Waals surface area contributed by atoms with Crippen molar-refractivity contribution >= 4 is 22.6 Å². The topological polar surface area (TPSA) is 95.5 Å². The monoisotopic (exact) mass is 405 g/mol. The molecule has 2 aromatic carbocycles. The molecule has 0 atom stereocenters. The molecule has 0 saturated heterocycles. The van der Waals surface area contributed by atoms with Gasteiger partial charge in [-0.05, 0) is 37.3 Å². The molecule has 0 aliphatic heterocycles. The molecule has 2 heterocycles. The largest absolute Gasteiger partial charge is 0.484 e. The second-order valence-electron chi connectivity index (χ2n) is 6.73. The lowest BCUT2D eigenvalue weighted by molar-refractivity contribution is -0.118. The van der Waals surface area contributed by atoms with Crippen LogP contribution in [0.25, 0.3) is 16.7 Å². The van der Waals surface area contributed by atoms with Crippen LogP contribution in [0.15, 0.2) is 74.7 Å². The van der Waals surface area contributed by atoms with Crippen molar-refractivity contribution in [1.82, 2.24) is 9.36 Å². The van der Waals surface area contributed by atoms with E-state index in [1.165, 1.54) is 10.7 Å². The molecule has 4 rings (SSSR count). The van der Waals surface area contributed by atoms with E-state index < -0.39 is 11.5 Å². The Bertz CT molecular complexity index is 1350. The van der Waals surface area contributed by atoms with Gasteiger partial charge >= 0.3 is 5.63 Å². The first kappa shape index (κ1) is 19.3. The molecule has 8 heteroatoms. The molecule has 30 heavy (non-hydrogen) atoms. The Morgan fingerprint density at radius 1 is 1.07 bits per heavy atom. The zero-order valence-electron chi connectivity index (χ0n) is 16.4. The molecule has 0 aliphatic carbocycles. The number of fused-ring (bicyclic) bond motifs is 1. The minimum atomic E-state index is -0.476. The van der Waals surface area contributed by atoms with E-state index in [9.17, 15) is 14.4 Å². The number of carbonyl (C=O) groups is 1. The summed E-state index contributed by atoms with van der Waals surface area (Å²) in [5.41, 5.74) is 1.07. The minimum absolute atomic E-state index is 0.194. The molecular formula is C22H19N3O5. The normalized spacial score (nSPS) is 10.9. The predicted octanol–water partition coefficient (Wildman–Crippen LogP) is 2.61. The zero-order chi connectivity index (χ0) is 21.3. The van der Waals surface area contributed by atoms with Gasteiger partial charge in [-0.2, -0.15) is 0 Å². The van der Waals surface area contributed by atoms with Gasteiger partial charge in [-0.15, -0.1) is 0 Å². The maximum absolute atomic E-state index is 12.8. The fourth-order valence-corrected chi connectivity index (χ4v) is 3.17. The first-order valence-electron chi connectivity index (χ1n) is 9.24. The number of amides is 1. The summed E-state index contributed by atoms with van der Waals surface area (Å²) in [6, 6.07) is 17.1. The van der Waals surface area contributed by atoms with Crippen molar-refractivity contribution in [2.24, 2.45) is 7.05 Å². The van der Waals surface area contributed by atoms with Gasteiger partial charge in [-0.1, -0.05) is 18.2 Å². The van der Waals surface area contributed by atoms with Gasteiger partial charge in [-0.25, -0.2) is 9.48 Å². The second kappa shape index (κ2) is 7.75. The number of aromatic nitrogens is 2. The summed E-state index contributed by atoms with van der Waals surface area (Å²) in [6.45, 7) is 1.45. The molecule has 1 N–H and O–H groups in total. The first-order chi connectivity index (χ1) is 14.4. The maximum atomic E-state index is 12.8. The average molecular weight is 405 g/mol. The van der Waals surface area contributed by atoms with Gasteiger partial charge < -0.3 is 14.5 Å². The molecular weight excluding hydrogens is 386 g/mol. The van der Waals surface area contributed by atoms with Crippen molar-refractivity contribution in [3.05, 3.63) is 87.1 Å². The molecule has 2 aromatic heterocycles. The lowest BCUT2D eigenvalue weighted by atomic mass is 10.2. The zero-order valence-corrected chi connectivity index (χ0v) is 16.4. The van der Waals surface area contributed by atoms with E-state index in [1.807, 2.05) is 30.3 Å². The van der Waals surface area contributed by atoms with Crippen LogP contribution in [0, 0.1) is 6.92 Å². The Labute approximate surface area is 170 Å². The summed E-state index contributed by atoms with van der Waals surface area (Å²) in [5.74, 6) is -0.103. The molecule has 1 amide bonds. The van der Waals surface area contributed by atoms with Crippen molar-refractivity contribution in [2.45, 2.75) is 6.92 Å². The molecule has 0 saturated carbocycles. The summed E-state index contributed by atoms with van der Waals surface area (Å²) in [5, 5.41) is 3.38. The Morgan fingerprint density at radius 2 is 1.80 bits per heavy atom. The lowest BCUT2D eigenvalue weighted by Crippen LogP contribution is -2.25. The van der Waals surface area contributed by atoms with Crippen molar-refractivity contribution in [3.8, 4) is 11.4 Å². The van der Waals surface area contributed by atoms with Crippen LogP contribution in [0.2, 0.25) is 0 Å². The van der Waals surface area contributed by atoms with E-state index in [2.05, 4.69) is 5.32 Å². The Kier molecular flexibility index (Phi) is 4.97. The van der Waals surface area contributed by atoms with Crippen LogP contribution >= 0.6 is 0 Å². The van der Waals surface area contributed by atoms with Gasteiger partial charge in [0.25, 0.3) is 11.5 Å². The number of benzene rings is 2. The maximum Gasteiger partial charge on any atom is 0.336 e. The van der Waals surface area contributed by atoms with E-state index in [0.717, 1.165) is 5.39 Å². The number of nitrogens with zero attached hydrogens (tertiary/aromatic N) is 2. The van der Waals surface area contributed by atoms with Gasteiger partial charge in [-0.3, -0.25) is 14.3 Å². The van der Waals surface area contributed by atoms with Crippen molar-refractivity contribution < 1.29 is 13.9 Å². The van der Waals surface area contributed by atoms with E-state index in [1.54, 1.807) is 42.9 Å². The van der Waals surface area contributed by atoms with Crippen LogP contribution in [-0.2, 0) is 11.8 Å².